The van der Waals surface area contributed by atoms with Crippen LogP contribution in [0.4, 0.5) is 0 Å². The lowest BCUT2D eigenvalue weighted by Crippen LogP contribution is -2.43. The minimum Gasteiger partial charge on any atom is -0.481 e. The highest BCUT2D eigenvalue weighted by atomic mass is 16.5. The van der Waals surface area contributed by atoms with Gasteiger partial charge in [0.25, 0.3) is 0 Å². The average molecular weight is 455 g/mol. The minimum atomic E-state index is -0.928. The lowest BCUT2D eigenvalue weighted by molar-refractivity contribution is -0.873. The van der Waals surface area contributed by atoms with Crippen LogP contribution in [0.25, 0.3) is 0 Å². The van der Waals surface area contributed by atoms with E-state index in [2.05, 4.69) is 19.1 Å². The van der Waals surface area contributed by atoms with Crippen LogP contribution in [0.15, 0.2) is 12.2 Å². The van der Waals surface area contributed by atoms with E-state index < -0.39 is 12.1 Å². The van der Waals surface area contributed by atoms with Crippen molar-refractivity contribution in [3.8, 4) is 0 Å². The molecule has 188 valence electrons. The number of rotatable bonds is 22. The lowest BCUT2D eigenvalue weighted by atomic mass is 10.1. The van der Waals surface area contributed by atoms with E-state index in [0.29, 0.717) is 17.4 Å². The smallest absolute Gasteiger partial charge is 0.307 e. The normalized spacial score (nSPS) is 12.9. The fraction of sp³-hybridized carbons (Fsp3) is 0.852. The third-order valence-corrected chi connectivity index (χ3v) is 5.59. The number of hydrogen-bond donors (Lipinski definition) is 1. The van der Waals surface area contributed by atoms with Gasteiger partial charge >= 0.3 is 11.9 Å². The van der Waals surface area contributed by atoms with Gasteiger partial charge in [-0.25, -0.2) is 0 Å². The number of carbonyl (C=O) groups is 2. The van der Waals surface area contributed by atoms with Crippen LogP contribution in [0.1, 0.15) is 116 Å². The van der Waals surface area contributed by atoms with Gasteiger partial charge in [-0.2, -0.15) is 0 Å². The number of esters is 1. The monoisotopic (exact) mass is 454 g/mol. The molecule has 1 atom stereocenters. The highest BCUT2D eigenvalue weighted by molar-refractivity contribution is 5.71. The summed E-state index contributed by atoms with van der Waals surface area (Å²) in [5, 5.41) is 9.02. The van der Waals surface area contributed by atoms with Gasteiger partial charge < -0.3 is 14.3 Å². The van der Waals surface area contributed by atoms with Crippen molar-refractivity contribution in [1.29, 1.82) is 0 Å². The highest BCUT2D eigenvalue weighted by Gasteiger charge is 2.24. The van der Waals surface area contributed by atoms with Gasteiger partial charge in [0.1, 0.15) is 6.54 Å². The van der Waals surface area contributed by atoms with Crippen LogP contribution < -0.4 is 0 Å². The van der Waals surface area contributed by atoms with E-state index in [4.69, 9.17) is 9.84 Å². The molecule has 1 unspecified atom stereocenters. The first-order chi connectivity index (χ1) is 15.2. The van der Waals surface area contributed by atoms with Crippen molar-refractivity contribution >= 4 is 11.9 Å². The van der Waals surface area contributed by atoms with E-state index in [1.165, 1.54) is 70.6 Å². The second-order valence-corrected chi connectivity index (χ2v) is 10.2. The summed E-state index contributed by atoms with van der Waals surface area (Å²) in [6.45, 7) is 2.77. The Morgan fingerprint density at radius 1 is 0.781 bits per heavy atom. The molecule has 0 bridgehead atoms. The summed E-state index contributed by atoms with van der Waals surface area (Å²) in [7, 11) is 5.90. The third kappa shape index (κ3) is 23.3. The first-order valence-electron chi connectivity index (χ1n) is 13.1. The van der Waals surface area contributed by atoms with Crippen molar-refractivity contribution in [3.05, 3.63) is 12.2 Å². The Hall–Kier alpha value is -1.36. The minimum absolute atomic E-state index is 0.131. The number of unbranched alkanes of at least 4 members (excludes halogenated alkanes) is 13. The van der Waals surface area contributed by atoms with E-state index in [0.717, 1.165) is 25.7 Å². The molecule has 0 heterocycles. The first kappa shape index (κ1) is 30.6. The number of nitrogens with zero attached hydrogens (tertiary/aromatic N) is 1. The predicted octanol–water partition coefficient (Wildman–Crippen LogP) is 6.90. The lowest BCUT2D eigenvalue weighted by Gasteiger charge is -2.28. The van der Waals surface area contributed by atoms with E-state index in [9.17, 15) is 9.59 Å². The zero-order valence-corrected chi connectivity index (χ0v) is 21.6. The van der Waals surface area contributed by atoms with Crippen LogP contribution in [0, 0.1) is 0 Å². The van der Waals surface area contributed by atoms with Crippen LogP contribution in [0.5, 0.6) is 0 Å². The Labute approximate surface area is 198 Å². The Bertz CT molecular complexity index is 496. The van der Waals surface area contributed by atoms with Gasteiger partial charge in [-0.1, -0.05) is 83.3 Å². The van der Waals surface area contributed by atoms with E-state index in [1.807, 2.05) is 21.1 Å². The Balaban J connectivity index is 3.59. The van der Waals surface area contributed by atoms with Crippen molar-refractivity contribution in [1.82, 2.24) is 0 Å². The van der Waals surface area contributed by atoms with E-state index >= 15 is 0 Å². The molecule has 0 aliphatic carbocycles. The molecular weight excluding hydrogens is 402 g/mol. The van der Waals surface area contributed by atoms with Gasteiger partial charge in [0.15, 0.2) is 6.10 Å². The van der Waals surface area contributed by atoms with Crippen LogP contribution in [0.3, 0.4) is 0 Å². The molecule has 1 N–H and O–H groups in total. The molecule has 0 aromatic rings. The van der Waals surface area contributed by atoms with Gasteiger partial charge in [-0.15, -0.1) is 0 Å². The Morgan fingerprint density at radius 2 is 1.25 bits per heavy atom. The second kappa shape index (κ2) is 20.3. The Kier molecular flexibility index (Phi) is 19.4. The molecular formula is C27H52NO4+. The predicted molar refractivity (Wildman–Crippen MR) is 134 cm³/mol. The zero-order valence-electron chi connectivity index (χ0n) is 21.6. The maximum absolute atomic E-state index is 12.0. The first-order valence-corrected chi connectivity index (χ1v) is 13.1. The second-order valence-electron chi connectivity index (χ2n) is 10.2. The average Bonchev–Trinajstić information content (AvgIpc) is 2.68. The summed E-state index contributed by atoms with van der Waals surface area (Å²) in [6.07, 6.45) is 23.1. The molecule has 0 saturated heterocycles. The molecule has 0 rings (SSSR count). The van der Waals surface area contributed by atoms with Crippen molar-refractivity contribution in [2.45, 2.75) is 122 Å². The summed E-state index contributed by atoms with van der Waals surface area (Å²) in [4.78, 5) is 23.0. The van der Waals surface area contributed by atoms with Gasteiger partial charge in [-0.05, 0) is 32.1 Å². The molecule has 0 aliphatic heterocycles. The largest absolute Gasteiger partial charge is 0.481 e. The fourth-order valence-electron chi connectivity index (χ4n) is 3.89. The van der Waals surface area contributed by atoms with Gasteiger partial charge in [0.05, 0.1) is 27.6 Å². The van der Waals surface area contributed by atoms with Crippen LogP contribution >= 0.6 is 0 Å². The molecule has 32 heavy (non-hydrogen) atoms. The molecule has 0 aromatic carbocycles. The number of aliphatic carboxylic acids is 1. The number of carbonyl (C=O) groups excluding carboxylic acids is 1. The summed E-state index contributed by atoms with van der Waals surface area (Å²) in [5.74, 6) is -1.20. The third-order valence-electron chi connectivity index (χ3n) is 5.59. The van der Waals surface area contributed by atoms with Crippen LogP contribution in [0.2, 0.25) is 0 Å². The van der Waals surface area contributed by atoms with Crippen LogP contribution in [-0.2, 0) is 14.3 Å². The van der Waals surface area contributed by atoms with Crippen molar-refractivity contribution in [2.75, 3.05) is 27.7 Å². The number of quaternary nitrogens is 1. The van der Waals surface area contributed by atoms with Crippen LogP contribution in [-0.4, -0.2) is 55.3 Å². The Morgan fingerprint density at radius 3 is 1.72 bits per heavy atom. The van der Waals surface area contributed by atoms with E-state index in [1.54, 1.807) is 0 Å². The molecule has 0 amide bonds. The van der Waals surface area contributed by atoms with E-state index in [-0.39, 0.29) is 12.4 Å². The number of likely N-dealkylation sites (N-methyl/N-ethyl adjacent to an activating group) is 1. The number of carboxylic acids is 1. The zero-order chi connectivity index (χ0) is 24.1. The quantitative estimate of drug-likeness (QED) is 0.0836. The summed E-state index contributed by atoms with van der Waals surface area (Å²) >= 11 is 0. The summed E-state index contributed by atoms with van der Waals surface area (Å²) in [5.41, 5.74) is 0. The number of hydrogen-bond acceptors (Lipinski definition) is 3. The summed E-state index contributed by atoms with van der Waals surface area (Å²) < 4.78 is 5.99. The number of carboxylic acid groups (broad SMARTS) is 1. The van der Waals surface area contributed by atoms with Gasteiger partial charge in [0.2, 0.25) is 0 Å². The van der Waals surface area contributed by atoms with Crippen molar-refractivity contribution in [3.63, 3.8) is 0 Å². The standard InChI is InChI=1S/C27H51NO4/c1-5-6-7-8-9-10-11-12-13-14-15-16-17-18-19-20-21-22-27(31)32-25(23-26(29)30)24-28(2,3)4/h14-15,25H,5-13,16-24H2,1-4H3/p+1/b15-14+. The highest BCUT2D eigenvalue weighted by Crippen LogP contribution is 2.12. The number of ether oxygens (including phenoxy) is 1. The molecule has 0 radical (unpaired) electrons. The molecule has 5 nitrogen and oxygen atoms in total. The molecule has 0 aliphatic rings. The van der Waals surface area contributed by atoms with Gasteiger partial charge in [-0.3, -0.25) is 9.59 Å². The SMILES string of the molecule is CCCCCCCCCC/C=C/CCCCCCCC(=O)OC(CC(=O)O)C[N+](C)(C)C. The molecule has 0 spiro atoms. The topological polar surface area (TPSA) is 63.6 Å². The maximum Gasteiger partial charge on any atom is 0.307 e. The van der Waals surface area contributed by atoms with Crippen molar-refractivity contribution in [2.24, 2.45) is 0 Å². The number of allylic oxidation sites excluding steroid dienone is 2. The molecule has 0 fully saturated rings. The molecule has 5 heteroatoms. The maximum atomic E-state index is 12.0. The van der Waals surface area contributed by atoms with Crippen molar-refractivity contribution < 1.29 is 23.9 Å². The van der Waals surface area contributed by atoms with Gasteiger partial charge in [0, 0.05) is 6.42 Å². The fourth-order valence-corrected chi connectivity index (χ4v) is 3.89. The molecule has 0 aromatic heterocycles. The molecule has 0 saturated carbocycles. The summed E-state index contributed by atoms with van der Waals surface area (Å²) in [6, 6.07) is 0.